The Hall–Kier alpha value is -0.890. The lowest BCUT2D eigenvalue weighted by Gasteiger charge is -2.27. The van der Waals surface area contributed by atoms with Gasteiger partial charge in [0.25, 0.3) is 6.43 Å². The fourth-order valence-electron chi connectivity index (χ4n) is 1.77. The lowest BCUT2D eigenvalue weighted by atomic mass is 10.0. The summed E-state index contributed by atoms with van der Waals surface area (Å²) in [4.78, 5) is 0. The molecule has 0 spiro atoms. The lowest BCUT2D eigenvalue weighted by molar-refractivity contribution is 0.0457. The number of hydrogen-bond acceptors (Lipinski definition) is 4. The van der Waals surface area contributed by atoms with E-state index < -0.39 is 28.6 Å². The first-order valence-corrected chi connectivity index (χ1v) is 8.04. The maximum atomic E-state index is 13.1. The molecule has 0 saturated heterocycles. The second kappa shape index (κ2) is 8.10. The van der Waals surface area contributed by atoms with Gasteiger partial charge in [-0.3, -0.25) is 0 Å². The molecule has 126 valence electrons. The highest BCUT2D eigenvalue weighted by Crippen LogP contribution is 2.36. The van der Waals surface area contributed by atoms with Crippen molar-refractivity contribution in [3.8, 4) is 5.75 Å². The van der Waals surface area contributed by atoms with E-state index in [0.717, 1.165) is 0 Å². The molecule has 1 aromatic carbocycles. The minimum Gasteiger partial charge on any atom is -0.598 e. The van der Waals surface area contributed by atoms with E-state index in [1.165, 1.54) is 19.2 Å². The van der Waals surface area contributed by atoms with Crippen LogP contribution in [0.3, 0.4) is 0 Å². The zero-order chi connectivity index (χ0) is 16.9. The number of ether oxygens (including phenoxy) is 2. The number of halogens is 2. The highest BCUT2D eigenvalue weighted by molar-refractivity contribution is 7.90. The summed E-state index contributed by atoms with van der Waals surface area (Å²) in [7, 11) is 1.42. The van der Waals surface area contributed by atoms with Gasteiger partial charge in [0.1, 0.15) is 10.5 Å². The Bertz CT molecular complexity index is 480. The van der Waals surface area contributed by atoms with E-state index in [2.05, 4.69) is 4.72 Å². The molecule has 0 aliphatic heterocycles. The van der Waals surface area contributed by atoms with Gasteiger partial charge in [-0.15, -0.1) is 4.72 Å². The number of rotatable bonds is 7. The van der Waals surface area contributed by atoms with E-state index >= 15 is 0 Å². The van der Waals surface area contributed by atoms with E-state index in [0.29, 0.717) is 5.56 Å². The van der Waals surface area contributed by atoms with E-state index in [9.17, 15) is 13.3 Å². The molecule has 0 radical (unpaired) electrons. The van der Waals surface area contributed by atoms with Crippen LogP contribution in [0.2, 0.25) is 0 Å². The molecule has 1 aromatic rings. The Morgan fingerprint density at radius 1 is 1.27 bits per heavy atom. The number of para-hydroxylation sites is 1. The Labute approximate surface area is 133 Å². The number of nitrogens with one attached hydrogen (secondary N) is 1. The van der Waals surface area contributed by atoms with Gasteiger partial charge in [0.2, 0.25) is 0 Å². The van der Waals surface area contributed by atoms with Gasteiger partial charge in [0.15, 0.2) is 6.79 Å². The first-order chi connectivity index (χ1) is 10.2. The third kappa shape index (κ3) is 5.08. The topological polar surface area (TPSA) is 53.5 Å². The first kappa shape index (κ1) is 19.2. The smallest absolute Gasteiger partial charge is 0.267 e. The van der Waals surface area contributed by atoms with Crippen LogP contribution in [0.25, 0.3) is 0 Å². The number of benzene rings is 1. The summed E-state index contributed by atoms with van der Waals surface area (Å²) in [5, 5.41) is 0. The van der Waals surface area contributed by atoms with Gasteiger partial charge in [-0.2, -0.15) is 0 Å². The molecule has 0 fully saturated rings. The maximum Gasteiger partial charge on any atom is 0.267 e. The van der Waals surface area contributed by atoms with Gasteiger partial charge in [-0.1, -0.05) is 12.1 Å². The maximum absolute atomic E-state index is 13.1. The van der Waals surface area contributed by atoms with Crippen LogP contribution in [0.4, 0.5) is 8.78 Å². The van der Waals surface area contributed by atoms with Crippen molar-refractivity contribution in [3.63, 3.8) is 0 Å². The summed E-state index contributed by atoms with van der Waals surface area (Å²) in [5.41, 5.74) is 0.317. The Morgan fingerprint density at radius 2 is 1.86 bits per heavy atom. The molecule has 0 heterocycles. The van der Waals surface area contributed by atoms with Crippen LogP contribution in [-0.2, 0) is 16.1 Å². The van der Waals surface area contributed by atoms with Gasteiger partial charge in [0.05, 0.1) is 11.6 Å². The van der Waals surface area contributed by atoms with Gasteiger partial charge in [0, 0.05) is 24.0 Å². The van der Waals surface area contributed by atoms with E-state index in [1.54, 1.807) is 13.0 Å². The predicted molar refractivity (Wildman–Crippen MR) is 83.3 cm³/mol. The normalized spacial score (nSPS) is 15.0. The fourth-order valence-corrected chi connectivity index (χ4v) is 2.57. The second-order valence-electron chi connectivity index (χ2n) is 5.84. The highest BCUT2D eigenvalue weighted by atomic mass is 32.2. The molecule has 22 heavy (non-hydrogen) atoms. The molecular weight excluding hydrogens is 312 g/mol. The first-order valence-electron chi connectivity index (χ1n) is 6.89. The number of alkyl halides is 2. The summed E-state index contributed by atoms with van der Waals surface area (Å²) in [6, 6.07) is 4.11. The van der Waals surface area contributed by atoms with E-state index in [1.807, 2.05) is 20.8 Å². The third-order valence-corrected chi connectivity index (χ3v) is 4.62. The Morgan fingerprint density at radius 3 is 2.36 bits per heavy atom. The molecule has 0 aliphatic rings. The molecule has 1 unspecified atom stereocenters. The van der Waals surface area contributed by atoms with Crippen molar-refractivity contribution in [1.82, 2.24) is 4.72 Å². The molecule has 0 aromatic heterocycles. The van der Waals surface area contributed by atoms with Crippen LogP contribution in [0.15, 0.2) is 18.2 Å². The van der Waals surface area contributed by atoms with Gasteiger partial charge < -0.3 is 14.0 Å². The van der Waals surface area contributed by atoms with Crippen molar-refractivity contribution in [3.05, 3.63) is 29.3 Å². The van der Waals surface area contributed by atoms with E-state index in [4.69, 9.17) is 9.47 Å². The van der Waals surface area contributed by atoms with Crippen LogP contribution in [0.1, 0.15) is 51.3 Å². The fraction of sp³-hybridized carbons (Fsp3) is 0.600. The summed E-state index contributed by atoms with van der Waals surface area (Å²) < 4.78 is 51.1. The van der Waals surface area contributed by atoms with Crippen LogP contribution in [-0.4, -0.2) is 23.2 Å². The van der Waals surface area contributed by atoms with Gasteiger partial charge in [-0.25, -0.2) is 8.78 Å². The van der Waals surface area contributed by atoms with Gasteiger partial charge in [-0.05, 0) is 33.8 Å². The monoisotopic (exact) mass is 335 g/mol. The molecule has 7 heteroatoms. The molecule has 0 aliphatic carbocycles. The summed E-state index contributed by atoms with van der Waals surface area (Å²) in [6.07, 6.45) is -2.66. The summed E-state index contributed by atoms with van der Waals surface area (Å²) >= 11 is -1.32. The second-order valence-corrected chi connectivity index (χ2v) is 7.84. The average molecular weight is 335 g/mol. The lowest BCUT2D eigenvalue weighted by Crippen LogP contribution is -2.40. The zero-order valence-corrected chi connectivity index (χ0v) is 14.3. The molecular formula is C15H23F2NO3S. The molecule has 0 saturated carbocycles. The minimum absolute atomic E-state index is 0.0743. The van der Waals surface area contributed by atoms with E-state index in [-0.39, 0.29) is 18.1 Å². The molecule has 2 atom stereocenters. The van der Waals surface area contributed by atoms with Crippen LogP contribution < -0.4 is 9.46 Å². The molecule has 1 N–H and O–H groups in total. The highest BCUT2D eigenvalue weighted by Gasteiger charge is 2.30. The van der Waals surface area contributed by atoms with Crippen LogP contribution in [0.5, 0.6) is 5.75 Å². The van der Waals surface area contributed by atoms with Crippen molar-refractivity contribution in [2.24, 2.45) is 0 Å². The zero-order valence-electron chi connectivity index (χ0n) is 13.5. The number of methoxy groups -OCH3 is 1. The van der Waals surface area contributed by atoms with Crippen molar-refractivity contribution < 1.29 is 22.8 Å². The third-order valence-electron chi connectivity index (χ3n) is 2.94. The minimum atomic E-state index is -2.66. The van der Waals surface area contributed by atoms with Crippen LogP contribution >= 0.6 is 0 Å². The predicted octanol–water partition coefficient (Wildman–Crippen LogP) is 3.72. The molecule has 0 bridgehead atoms. The SMILES string of the molecule is COCOc1c(C(F)F)cccc1[C@@H](C)N[S+]([O-])C(C)(C)C. The van der Waals surface area contributed by atoms with Crippen molar-refractivity contribution >= 4 is 11.4 Å². The average Bonchev–Trinajstić information content (AvgIpc) is 2.43. The standard InChI is InChI=1S/C15H23F2NO3S/c1-10(18-22(19)15(2,3)4)11-7-6-8-12(14(16)17)13(11)21-9-20-5/h6-8,10,14,18H,9H2,1-5H3/t10-,22?/m1/s1. The summed E-state index contributed by atoms with van der Waals surface area (Å²) in [5.74, 6) is 0.0743. The molecule has 0 amide bonds. The summed E-state index contributed by atoms with van der Waals surface area (Å²) in [6.45, 7) is 7.13. The largest absolute Gasteiger partial charge is 0.598 e. The van der Waals surface area contributed by atoms with Crippen molar-refractivity contribution in [2.75, 3.05) is 13.9 Å². The quantitative estimate of drug-likeness (QED) is 0.609. The molecule has 4 nitrogen and oxygen atoms in total. The van der Waals surface area contributed by atoms with Crippen molar-refractivity contribution in [1.29, 1.82) is 0 Å². The molecule has 1 rings (SSSR count). The number of hydrogen-bond donors (Lipinski definition) is 1. The Kier molecular flexibility index (Phi) is 7.05. The van der Waals surface area contributed by atoms with Crippen molar-refractivity contribution in [2.45, 2.75) is 44.9 Å². The Balaban J connectivity index is 3.08. The van der Waals surface area contributed by atoms with Crippen LogP contribution in [0, 0.1) is 0 Å². The van der Waals surface area contributed by atoms with Gasteiger partial charge >= 0.3 is 0 Å².